The van der Waals surface area contributed by atoms with E-state index in [1.165, 1.54) is 24.9 Å². The van der Waals surface area contributed by atoms with Crippen LogP contribution in [0.1, 0.15) is 6.92 Å². The number of aromatic nitrogens is 1. The fourth-order valence-electron chi connectivity index (χ4n) is 1.67. The van der Waals surface area contributed by atoms with Crippen LogP contribution in [0.3, 0.4) is 0 Å². The number of anilines is 1. The standard InChI is InChI=1S/C12H12N2O5/c1-6(11(16)17)10(15)14(2)7-3-4-9-8(5-7)13-12(18)19-9/h3-6H,1-2H3,(H,13,18)(H,16,17). The monoisotopic (exact) mass is 264 g/mol. The van der Waals surface area contributed by atoms with Gasteiger partial charge in [-0.2, -0.15) is 0 Å². The summed E-state index contributed by atoms with van der Waals surface area (Å²) in [5, 5.41) is 8.81. The molecule has 0 saturated heterocycles. The fourth-order valence-corrected chi connectivity index (χ4v) is 1.67. The number of amides is 1. The van der Waals surface area contributed by atoms with Crippen LogP contribution in [0.5, 0.6) is 0 Å². The molecular formula is C12H12N2O5. The summed E-state index contributed by atoms with van der Waals surface area (Å²) < 4.78 is 4.84. The average Bonchev–Trinajstić information content (AvgIpc) is 2.74. The third kappa shape index (κ3) is 2.35. The number of carboxylic acids is 1. The minimum atomic E-state index is -1.19. The van der Waals surface area contributed by atoms with E-state index in [0.717, 1.165) is 0 Å². The number of carbonyl (C=O) groups excluding carboxylic acids is 1. The number of hydrogen-bond acceptors (Lipinski definition) is 4. The molecule has 2 N–H and O–H groups in total. The molecule has 1 aromatic heterocycles. The first-order chi connectivity index (χ1) is 8.90. The summed E-state index contributed by atoms with van der Waals surface area (Å²) in [6.07, 6.45) is 0. The number of nitrogens with one attached hydrogen (secondary N) is 1. The van der Waals surface area contributed by atoms with Gasteiger partial charge in [-0.25, -0.2) is 4.79 Å². The van der Waals surface area contributed by atoms with E-state index in [1.807, 2.05) is 0 Å². The Morgan fingerprint density at radius 2 is 2.11 bits per heavy atom. The minimum absolute atomic E-state index is 0.376. The summed E-state index contributed by atoms with van der Waals surface area (Å²) in [5.41, 5.74) is 1.30. The van der Waals surface area contributed by atoms with Gasteiger partial charge < -0.3 is 14.4 Å². The summed E-state index contributed by atoms with van der Waals surface area (Å²) in [4.78, 5) is 37.4. The molecule has 7 nitrogen and oxygen atoms in total. The third-order valence-corrected chi connectivity index (χ3v) is 2.86. The molecule has 1 heterocycles. The van der Waals surface area contributed by atoms with Gasteiger partial charge >= 0.3 is 11.7 Å². The summed E-state index contributed by atoms with van der Waals surface area (Å²) in [5.74, 6) is -3.45. The number of aromatic amines is 1. The van der Waals surface area contributed by atoms with Crippen LogP contribution in [0, 0.1) is 5.92 Å². The SMILES string of the molecule is CC(C(=O)O)C(=O)N(C)c1ccc2oc(=O)[nH]c2c1. The Kier molecular flexibility index (Phi) is 3.12. The number of rotatable bonds is 3. The summed E-state index contributed by atoms with van der Waals surface area (Å²) in [7, 11) is 1.47. The highest BCUT2D eigenvalue weighted by Gasteiger charge is 2.25. The molecule has 0 aliphatic carbocycles. The van der Waals surface area contributed by atoms with Crippen LogP contribution in [0.15, 0.2) is 27.4 Å². The fraction of sp³-hybridized carbons (Fsp3) is 0.250. The predicted molar refractivity (Wildman–Crippen MR) is 67.0 cm³/mol. The second-order valence-corrected chi connectivity index (χ2v) is 4.15. The lowest BCUT2D eigenvalue weighted by atomic mass is 10.1. The van der Waals surface area contributed by atoms with Gasteiger partial charge in [0, 0.05) is 12.7 Å². The van der Waals surface area contributed by atoms with Gasteiger partial charge in [0.25, 0.3) is 0 Å². The first-order valence-electron chi connectivity index (χ1n) is 5.53. The van der Waals surface area contributed by atoms with Gasteiger partial charge in [-0.05, 0) is 25.1 Å². The van der Waals surface area contributed by atoms with Crippen LogP contribution in [-0.4, -0.2) is 29.0 Å². The van der Waals surface area contributed by atoms with Crippen molar-refractivity contribution in [3.63, 3.8) is 0 Å². The highest BCUT2D eigenvalue weighted by molar-refractivity contribution is 6.05. The normalized spacial score (nSPS) is 12.3. The van der Waals surface area contributed by atoms with Crippen molar-refractivity contribution in [3.8, 4) is 0 Å². The van der Waals surface area contributed by atoms with Gasteiger partial charge in [0.05, 0.1) is 5.52 Å². The Bertz CT molecular complexity index is 699. The summed E-state index contributed by atoms with van der Waals surface area (Å²) in [6.45, 7) is 1.32. The number of oxazole rings is 1. The van der Waals surface area contributed by atoms with Crippen LogP contribution >= 0.6 is 0 Å². The molecule has 1 aromatic carbocycles. The molecule has 19 heavy (non-hydrogen) atoms. The maximum absolute atomic E-state index is 11.9. The molecule has 1 unspecified atom stereocenters. The zero-order valence-corrected chi connectivity index (χ0v) is 10.3. The molecule has 0 fully saturated rings. The Morgan fingerprint density at radius 1 is 1.42 bits per heavy atom. The van der Waals surface area contributed by atoms with Crippen molar-refractivity contribution in [3.05, 3.63) is 28.7 Å². The van der Waals surface area contributed by atoms with Crippen molar-refractivity contribution in [2.45, 2.75) is 6.92 Å². The van der Waals surface area contributed by atoms with E-state index < -0.39 is 23.6 Å². The van der Waals surface area contributed by atoms with E-state index in [2.05, 4.69) is 4.98 Å². The molecule has 0 aliphatic heterocycles. The van der Waals surface area contributed by atoms with Gasteiger partial charge in [0.1, 0.15) is 5.92 Å². The summed E-state index contributed by atoms with van der Waals surface area (Å²) >= 11 is 0. The highest BCUT2D eigenvalue weighted by atomic mass is 16.4. The van der Waals surface area contributed by atoms with Gasteiger partial charge in [-0.15, -0.1) is 0 Å². The van der Waals surface area contributed by atoms with Crippen LogP contribution in [0.4, 0.5) is 5.69 Å². The van der Waals surface area contributed by atoms with E-state index in [4.69, 9.17) is 9.52 Å². The number of carboxylic acid groups (broad SMARTS) is 1. The first kappa shape index (κ1) is 12.9. The van der Waals surface area contributed by atoms with E-state index in [0.29, 0.717) is 16.8 Å². The molecule has 2 rings (SSSR count). The first-order valence-corrected chi connectivity index (χ1v) is 5.53. The Balaban J connectivity index is 2.35. The lowest BCUT2D eigenvalue weighted by molar-refractivity contribution is -0.145. The van der Waals surface area contributed by atoms with Crippen LogP contribution in [0.2, 0.25) is 0 Å². The maximum atomic E-state index is 11.9. The van der Waals surface area contributed by atoms with Crippen molar-refractivity contribution in [1.29, 1.82) is 0 Å². The number of H-pyrrole nitrogens is 1. The molecule has 0 aliphatic rings. The highest BCUT2D eigenvalue weighted by Crippen LogP contribution is 2.20. The largest absolute Gasteiger partial charge is 0.481 e. The maximum Gasteiger partial charge on any atom is 0.417 e. The molecule has 1 amide bonds. The number of nitrogens with zero attached hydrogens (tertiary/aromatic N) is 1. The minimum Gasteiger partial charge on any atom is -0.481 e. The van der Waals surface area contributed by atoms with Crippen molar-refractivity contribution in [1.82, 2.24) is 4.98 Å². The predicted octanol–water partition coefficient (Wildman–Crippen LogP) is 0.805. The molecule has 0 bridgehead atoms. The van der Waals surface area contributed by atoms with Crippen LogP contribution in [-0.2, 0) is 9.59 Å². The Labute approximate surface area is 107 Å². The number of benzene rings is 1. The zero-order valence-electron chi connectivity index (χ0n) is 10.3. The van der Waals surface area contributed by atoms with Crippen LogP contribution in [0.25, 0.3) is 11.1 Å². The molecule has 2 aromatic rings. The van der Waals surface area contributed by atoms with E-state index in [1.54, 1.807) is 12.1 Å². The molecule has 0 radical (unpaired) electrons. The van der Waals surface area contributed by atoms with E-state index in [9.17, 15) is 14.4 Å². The summed E-state index contributed by atoms with van der Waals surface area (Å²) in [6, 6.07) is 4.66. The van der Waals surface area contributed by atoms with Gasteiger partial charge in [-0.3, -0.25) is 14.6 Å². The molecule has 0 spiro atoms. The van der Waals surface area contributed by atoms with E-state index >= 15 is 0 Å². The van der Waals surface area contributed by atoms with Gasteiger partial charge in [0.15, 0.2) is 5.58 Å². The molecule has 7 heteroatoms. The molecular weight excluding hydrogens is 252 g/mol. The Hall–Kier alpha value is -2.57. The topological polar surface area (TPSA) is 104 Å². The lowest BCUT2D eigenvalue weighted by Crippen LogP contribution is -2.35. The van der Waals surface area contributed by atoms with E-state index in [-0.39, 0.29) is 0 Å². The van der Waals surface area contributed by atoms with Crippen molar-refractivity contribution in [2.24, 2.45) is 5.92 Å². The van der Waals surface area contributed by atoms with Crippen molar-refractivity contribution >= 4 is 28.7 Å². The van der Waals surface area contributed by atoms with Gasteiger partial charge in [0.2, 0.25) is 5.91 Å². The molecule has 0 saturated carbocycles. The smallest absolute Gasteiger partial charge is 0.417 e. The average molecular weight is 264 g/mol. The number of carbonyl (C=O) groups is 2. The zero-order chi connectivity index (χ0) is 14.2. The molecule has 100 valence electrons. The second-order valence-electron chi connectivity index (χ2n) is 4.15. The van der Waals surface area contributed by atoms with Crippen LogP contribution < -0.4 is 10.7 Å². The number of fused-ring (bicyclic) bond motifs is 1. The Morgan fingerprint density at radius 3 is 2.74 bits per heavy atom. The number of aliphatic carboxylic acids is 1. The number of hydrogen-bond donors (Lipinski definition) is 2. The molecule has 1 atom stereocenters. The second kappa shape index (κ2) is 4.60. The van der Waals surface area contributed by atoms with Crippen molar-refractivity contribution < 1.29 is 19.1 Å². The van der Waals surface area contributed by atoms with Crippen molar-refractivity contribution in [2.75, 3.05) is 11.9 Å². The lowest BCUT2D eigenvalue weighted by Gasteiger charge is -2.19. The third-order valence-electron chi connectivity index (χ3n) is 2.86. The quantitative estimate of drug-likeness (QED) is 0.798. The van der Waals surface area contributed by atoms with Gasteiger partial charge in [-0.1, -0.05) is 0 Å².